The van der Waals surface area contributed by atoms with Gasteiger partial charge in [0, 0.05) is 6.54 Å². The van der Waals surface area contributed by atoms with Gasteiger partial charge in [-0.15, -0.1) is 0 Å². The molecule has 1 aromatic rings. The van der Waals surface area contributed by atoms with Crippen molar-refractivity contribution >= 4 is 0 Å². The Morgan fingerprint density at radius 3 is 2.64 bits per heavy atom. The lowest BCUT2D eigenvalue weighted by atomic mass is 10.1. The molecule has 78 valence electrons. The Labute approximate surface area is 81.7 Å². The van der Waals surface area contributed by atoms with Crippen LogP contribution in [0.4, 0.5) is 8.78 Å². The average molecular weight is 201 g/mol. The summed E-state index contributed by atoms with van der Waals surface area (Å²) in [5.41, 5.74) is 7.41. The first-order valence-electron chi connectivity index (χ1n) is 4.34. The second-order valence-corrected chi connectivity index (χ2v) is 2.99. The lowest BCUT2D eigenvalue weighted by Crippen LogP contribution is -2.07. The summed E-state index contributed by atoms with van der Waals surface area (Å²) in [6, 6.07) is 5.15. The van der Waals surface area contributed by atoms with Crippen molar-refractivity contribution in [2.24, 2.45) is 5.73 Å². The van der Waals surface area contributed by atoms with Crippen molar-refractivity contribution in [3.05, 3.63) is 29.3 Å². The third-order valence-corrected chi connectivity index (χ3v) is 1.91. The van der Waals surface area contributed by atoms with Crippen LogP contribution in [-0.2, 0) is 6.54 Å². The fraction of sp³-hybridized carbons (Fsp3) is 0.400. The molecule has 0 saturated carbocycles. The van der Waals surface area contributed by atoms with E-state index >= 15 is 0 Å². The molecule has 0 amide bonds. The van der Waals surface area contributed by atoms with E-state index in [0.29, 0.717) is 12.3 Å². The monoisotopic (exact) mass is 201 g/mol. The van der Waals surface area contributed by atoms with E-state index < -0.39 is 13.0 Å². The highest BCUT2D eigenvalue weighted by Crippen LogP contribution is 2.17. The molecule has 2 nitrogen and oxygen atoms in total. The number of alkyl halides is 2. The maximum atomic E-state index is 11.8. The van der Waals surface area contributed by atoms with Gasteiger partial charge in [-0.2, -0.15) is 0 Å². The summed E-state index contributed by atoms with van der Waals surface area (Å²) in [5.74, 6) is 0.458. The number of hydrogen-bond donors (Lipinski definition) is 1. The van der Waals surface area contributed by atoms with E-state index in [-0.39, 0.29) is 0 Å². The molecule has 0 aromatic heterocycles. The topological polar surface area (TPSA) is 35.2 Å². The summed E-state index contributed by atoms with van der Waals surface area (Å²) in [6.07, 6.45) is -2.44. The SMILES string of the molecule is Cc1cc(OCC(F)F)ccc1CN. The normalized spacial score (nSPS) is 10.6. The van der Waals surface area contributed by atoms with Gasteiger partial charge in [0.2, 0.25) is 0 Å². The maximum Gasteiger partial charge on any atom is 0.272 e. The highest BCUT2D eigenvalue weighted by molar-refractivity contribution is 5.34. The number of rotatable bonds is 4. The molecule has 0 saturated heterocycles. The fourth-order valence-electron chi connectivity index (χ4n) is 1.15. The van der Waals surface area contributed by atoms with Gasteiger partial charge in [0.25, 0.3) is 6.43 Å². The molecule has 1 aromatic carbocycles. The van der Waals surface area contributed by atoms with Gasteiger partial charge in [0.1, 0.15) is 12.4 Å². The van der Waals surface area contributed by atoms with Gasteiger partial charge in [0.15, 0.2) is 0 Å². The first-order chi connectivity index (χ1) is 6.63. The molecule has 0 radical (unpaired) electrons. The number of ether oxygens (including phenoxy) is 1. The van der Waals surface area contributed by atoms with Crippen LogP contribution in [0.2, 0.25) is 0 Å². The summed E-state index contributed by atoms with van der Waals surface area (Å²) >= 11 is 0. The van der Waals surface area contributed by atoms with Gasteiger partial charge in [-0.25, -0.2) is 8.78 Å². The molecule has 0 spiro atoms. The fourth-order valence-corrected chi connectivity index (χ4v) is 1.15. The Hall–Kier alpha value is -1.16. The van der Waals surface area contributed by atoms with E-state index in [1.54, 1.807) is 18.2 Å². The first-order valence-corrected chi connectivity index (χ1v) is 4.34. The highest BCUT2D eigenvalue weighted by Gasteiger charge is 2.04. The molecule has 4 heteroatoms. The van der Waals surface area contributed by atoms with Gasteiger partial charge in [-0.1, -0.05) is 6.07 Å². The standard InChI is InChI=1S/C10H13F2NO/c1-7-4-9(14-6-10(11)12)3-2-8(7)5-13/h2-4,10H,5-6,13H2,1H3. The van der Waals surface area contributed by atoms with Crippen molar-refractivity contribution in [3.63, 3.8) is 0 Å². The van der Waals surface area contributed by atoms with Crippen LogP contribution in [0, 0.1) is 6.92 Å². The molecule has 1 rings (SSSR count). The quantitative estimate of drug-likeness (QED) is 0.809. The summed E-state index contributed by atoms with van der Waals surface area (Å²) in [6.45, 7) is 1.75. The number of halogens is 2. The van der Waals surface area contributed by atoms with E-state index in [2.05, 4.69) is 0 Å². The molecule has 2 N–H and O–H groups in total. The van der Waals surface area contributed by atoms with Crippen LogP contribution in [-0.4, -0.2) is 13.0 Å². The van der Waals surface area contributed by atoms with E-state index in [1.807, 2.05) is 6.92 Å². The molecule has 0 bridgehead atoms. The van der Waals surface area contributed by atoms with Gasteiger partial charge >= 0.3 is 0 Å². The molecular weight excluding hydrogens is 188 g/mol. The van der Waals surface area contributed by atoms with Crippen LogP contribution in [0.25, 0.3) is 0 Å². The van der Waals surface area contributed by atoms with Gasteiger partial charge in [-0.05, 0) is 30.2 Å². The predicted octanol–water partition coefficient (Wildman–Crippen LogP) is 2.10. The van der Waals surface area contributed by atoms with Crippen molar-refractivity contribution in [3.8, 4) is 5.75 Å². The minimum absolute atomic E-state index is 0.445. The van der Waals surface area contributed by atoms with Crippen LogP contribution in [0.5, 0.6) is 5.75 Å². The Morgan fingerprint density at radius 1 is 1.43 bits per heavy atom. The molecule has 0 aliphatic carbocycles. The second kappa shape index (κ2) is 4.91. The minimum atomic E-state index is -2.44. The van der Waals surface area contributed by atoms with Crippen LogP contribution >= 0.6 is 0 Å². The van der Waals surface area contributed by atoms with Crippen molar-refractivity contribution < 1.29 is 13.5 Å². The van der Waals surface area contributed by atoms with Crippen LogP contribution in [0.3, 0.4) is 0 Å². The zero-order valence-electron chi connectivity index (χ0n) is 7.97. The van der Waals surface area contributed by atoms with Crippen molar-refractivity contribution in [2.75, 3.05) is 6.61 Å². The lowest BCUT2D eigenvalue weighted by molar-refractivity contribution is 0.0818. The Balaban J connectivity index is 2.66. The molecule has 0 aliphatic heterocycles. The minimum Gasteiger partial charge on any atom is -0.488 e. The number of aryl methyl sites for hydroxylation is 1. The van der Waals surface area contributed by atoms with Crippen molar-refractivity contribution in [1.82, 2.24) is 0 Å². The van der Waals surface area contributed by atoms with Crippen molar-refractivity contribution in [2.45, 2.75) is 19.9 Å². The zero-order valence-corrected chi connectivity index (χ0v) is 7.97. The summed E-state index contributed by atoms with van der Waals surface area (Å²) < 4.78 is 28.5. The van der Waals surface area contributed by atoms with E-state index in [9.17, 15) is 8.78 Å². The maximum absolute atomic E-state index is 11.8. The first kappa shape index (κ1) is 10.9. The lowest BCUT2D eigenvalue weighted by Gasteiger charge is -2.08. The van der Waals surface area contributed by atoms with Gasteiger partial charge in [0.05, 0.1) is 0 Å². The van der Waals surface area contributed by atoms with Crippen molar-refractivity contribution in [1.29, 1.82) is 0 Å². The third kappa shape index (κ3) is 2.96. The van der Waals surface area contributed by atoms with Crippen LogP contribution < -0.4 is 10.5 Å². The molecule has 0 fully saturated rings. The largest absolute Gasteiger partial charge is 0.488 e. The summed E-state index contributed by atoms with van der Waals surface area (Å²) in [7, 11) is 0. The van der Waals surface area contributed by atoms with E-state index in [0.717, 1.165) is 11.1 Å². The summed E-state index contributed by atoms with van der Waals surface area (Å²) in [5, 5.41) is 0. The molecule has 0 aliphatic rings. The molecule has 14 heavy (non-hydrogen) atoms. The predicted molar refractivity (Wildman–Crippen MR) is 50.6 cm³/mol. The molecular formula is C10H13F2NO. The van der Waals surface area contributed by atoms with E-state index in [1.165, 1.54) is 0 Å². The van der Waals surface area contributed by atoms with E-state index in [4.69, 9.17) is 10.5 Å². The second-order valence-electron chi connectivity index (χ2n) is 2.99. The number of hydrogen-bond acceptors (Lipinski definition) is 2. The van der Waals surface area contributed by atoms with Gasteiger partial charge in [-0.3, -0.25) is 0 Å². The molecule has 0 atom stereocenters. The van der Waals surface area contributed by atoms with Crippen LogP contribution in [0.1, 0.15) is 11.1 Å². The molecule has 0 unspecified atom stereocenters. The smallest absolute Gasteiger partial charge is 0.272 e. The van der Waals surface area contributed by atoms with Gasteiger partial charge < -0.3 is 10.5 Å². The summed E-state index contributed by atoms with van der Waals surface area (Å²) in [4.78, 5) is 0. The number of nitrogens with two attached hydrogens (primary N) is 1. The Morgan fingerprint density at radius 2 is 2.14 bits per heavy atom. The zero-order chi connectivity index (χ0) is 10.6. The highest BCUT2D eigenvalue weighted by atomic mass is 19.3. The van der Waals surface area contributed by atoms with Crippen LogP contribution in [0.15, 0.2) is 18.2 Å². The third-order valence-electron chi connectivity index (χ3n) is 1.91. The Bertz CT molecular complexity index is 302. The molecule has 0 heterocycles. The average Bonchev–Trinajstić information content (AvgIpc) is 2.15. The number of benzene rings is 1. The Kier molecular flexibility index (Phi) is 3.83.